The molecule has 0 unspecified atom stereocenters. The maximum absolute atomic E-state index is 3.15. The van der Waals surface area contributed by atoms with E-state index in [0.29, 0.717) is 0 Å². The van der Waals surface area contributed by atoms with Gasteiger partial charge < -0.3 is 5.43 Å². The van der Waals surface area contributed by atoms with E-state index in [1.165, 1.54) is 36.9 Å². The van der Waals surface area contributed by atoms with Crippen molar-refractivity contribution in [2.24, 2.45) is 0 Å². The van der Waals surface area contributed by atoms with E-state index in [4.69, 9.17) is 0 Å². The second-order valence-corrected chi connectivity index (χ2v) is 3.09. The standard InChI is InChI=1S/C9H14N2/c1-10-11-7-6-8-4-2-3-5-9(8)11/h6-7,10H,2-5H2,1H3. The first-order chi connectivity index (χ1) is 5.42. The number of aryl methyl sites for hydroxylation is 1. The highest BCUT2D eigenvalue weighted by molar-refractivity contribution is 5.25. The monoisotopic (exact) mass is 150 g/mol. The van der Waals surface area contributed by atoms with Gasteiger partial charge in [-0.1, -0.05) is 0 Å². The van der Waals surface area contributed by atoms with Gasteiger partial charge in [0.25, 0.3) is 0 Å². The molecular weight excluding hydrogens is 136 g/mol. The molecule has 2 nitrogen and oxygen atoms in total. The van der Waals surface area contributed by atoms with Crippen LogP contribution in [0.3, 0.4) is 0 Å². The number of rotatable bonds is 1. The molecule has 0 spiro atoms. The van der Waals surface area contributed by atoms with E-state index in [1.807, 2.05) is 7.05 Å². The van der Waals surface area contributed by atoms with E-state index in [9.17, 15) is 0 Å². The van der Waals surface area contributed by atoms with Crippen molar-refractivity contribution in [1.82, 2.24) is 4.68 Å². The van der Waals surface area contributed by atoms with E-state index in [2.05, 4.69) is 22.4 Å². The quantitative estimate of drug-likeness (QED) is 0.642. The third-order valence-corrected chi connectivity index (χ3v) is 2.44. The fraction of sp³-hybridized carbons (Fsp3) is 0.556. The molecule has 0 saturated heterocycles. The van der Waals surface area contributed by atoms with Crippen molar-refractivity contribution in [1.29, 1.82) is 0 Å². The van der Waals surface area contributed by atoms with Gasteiger partial charge in [-0.05, 0) is 37.3 Å². The summed E-state index contributed by atoms with van der Waals surface area (Å²) in [5.74, 6) is 0. The molecule has 1 aromatic heterocycles. The minimum absolute atomic E-state index is 1.24. The largest absolute Gasteiger partial charge is 0.329 e. The summed E-state index contributed by atoms with van der Waals surface area (Å²) in [6.45, 7) is 0. The maximum atomic E-state index is 3.15. The number of nitrogens with one attached hydrogen (secondary N) is 1. The van der Waals surface area contributed by atoms with Crippen LogP contribution >= 0.6 is 0 Å². The van der Waals surface area contributed by atoms with Crippen LogP contribution in [0.5, 0.6) is 0 Å². The molecular formula is C9H14N2. The van der Waals surface area contributed by atoms with Crippen LogP contribution < -0.4 is 5.43 Å². The zero-order chi connectivity index (χ0) is 7.68. The Balaban J connectivity index is 2.38. The lowest BCUT2D eigenvalue weighted by atomic mass is 9.98. The van der Waals surface area contributed by atoms with E-state index in [1.54, 1.807) is 0 Å². The molecule has 1 N–H and O–H groups in total. The first-order valence-electron chi connectivity index (χ1n) is 4.28. The van der Waals surface area contributed by atoms with Gasteiger partial charge in [-0.2, -0.15) is 0 Å². The lowest BCUT2D eigenvalue weighted by Crippen LogP contribution is -2.14. The van der Waals surface area contributed by atoms with Crippen molar-refractivity contribution in [2.75, 3.05) is 12.5 Å². The zero-order valence-electron chi connectivity index (χ0n) is 6.93. The van der Waals surface area contributed by atoms with Gasteiger partial charge in [0.15, 0.2) is 0 Å². The van der Waals surface area contributed by atoms with Gasteiger partial charge in [0.1, 0.15) is 0 Å². The minimum Gasteiger partial charge on any atom is -0.329 e. The van der Waals surface area contributed by atoms with Crippen LogP contribution in [0.1, 0.15) is 24.1 Å². The van der Waals surface area contributed by atoms with Crippen molar-refractivity contribution in [3.05, 3.63) is 23.5 Å². The Morgan fingerprint density at radius 3 is 3.00 bits per heavy atom. The predicted octanol–water partition coefficient (Wildman–Crippen LogP) is 1.54. The average Bonchev–Trinajstić information content (AvgIpc) is 2.47. The minimum atomic E-state index is 1.24. The molecule has 0 bridgehead atoms. The average molecular weight is 150 g/mol. The summed E-state index contributed by atoms with van der Waals surface area (Å²) in [7, 11) is 1.97. The summed E-state index contributed by atoms with van der Waals surface area (Å²) in [6.07, 6.45) is 7.34. The third-order valence-electron chi connectivity index (χ3n) is 2.44. The van der Waals surface area contributed by atoms with Crippen LogP contribution in [-0.4, -0.2) is 11.7 Å². The Hall–Kier alpha value is -0.920. The maximum Gasteiger partial charge on any atom is 0.0425 e. The molecule has 1 heterocycles. The Kier molecular flexibility index (Phi) is 1.60. The van der Waals surface area contributed by atoms with Crippen molar-refractivity contribution in [3.8, 4) is 0 Å². The zero-order valence-corrected chi connectivity index (χ0v) is 6.93. The van der Waals surface area contributed by atoms with Gasteiger partial charge in [-0.15, -0.1) is 0 Å². The van der Waals surface area contributed by atoms with Crippen molar-refractivity contribution >= 4 is 0 Å². The highest BCUT2D eigenvalue weighted by atomic mass is 15.4. The third kappa shape index (κ3) is 1.02. The summed E-state index contributed by atoms with van der Waals surface area (Å²) in [5.41, 5.74) is 6.17. The summed E-state index contributed by atoms with van der Waals surface area (Å²) < 4.78 is 2.13. The highest BCUT2D eigenvalue weighted by Crippen LogP contribution is 2.20. The van der Waals surface area contributed by atoms with E-state index < -0.39 is 0 Å². The molecule has 0 aliphatic heterocycles. The molecule has 0 amide bonds. The Morgan fingerprint density at radius 1 is 1.36 bits per heavy atom. The summed E-state index contributed by atoms with van der Waals surface area (Å²) in [4.78, 5) is 0. The molecule has 1 aliphatic rings. The Bertz CT molecular complexity index is 237. The van der Waals surface area contributed by atoms with Crippen LogP contribution in [0.15, 0.2) is 12.3 Å². The first kappa shape index (κ1) is 6.77. The molecule has 0 radical (unpaired) electrons. The summed E-state index contributed by atoms with van der Waals surface area (Å²) in [5, 5.41) is 0. The van der Waals surface area contributed by atoms with Crippen LogP contribution in [0, 0.1) is 0 Å². The molecule has 60 valence electrons. The van der Waals surface area contributed by atoms with Crippen molar-refractivity contribution in [2.45, 2.75) is 25.7 Å². The van der Waals surface area contributed by atoms with Crippen LogP contribution in [0.4, 0.5) is 0 Å². The second kappa shape index (κ2) is 2.61. The Labute approximate surface area is 67.2 Å². The summed E-state index contributed by atoms with van der Waals surface area (Å²) in [6, 6.07) is 2.23. The van der Waals surface area contributed by atoms with Crippen molar-refractivity contribution in [3.63, 3.8) is 0 Å². The molecule has 1 aromatic rings. The Morgan fingerprint density at radius 2 is 2.18 bits per heavy atom. The normalized spacial score (nSPS) is 16.1. The second-order valence-electron chi connectivity index (χ2n) is 3.09. The first-order valence-corrected chi connectivity index (χ1v) is 4.28. The summed E-state index contributed by atoms with van der Waals surface area (Å²) >= 11 is 0. The van der Waals surface area contributed by atoms with E-state index >= 15 is 0 Å². The molecule has 2 rings (SSSR count). The molecule has 0 aromatic carbocycles. The van der Waals surface area contributed by atoms with Gasteiger partial charge in [0.2, 0.25) is 0 Å². The lowest BCUT2D eigenvalue weighted by Gasteiger charge is -2.14. The van der Waals surface area contributed by atoms with Gasteiger partial charge in [-0.3, -0.25) is 4.68 Å². The SMILES string of the molecule is CNn1ccc2c1CCCC2. The smallest absolute Gasteiger partial charge is 0.0425 e. The molecule has 0 atom stereocenters. The van der Waals surface area contributed by atoms with Crippen molar-refractivity contribution < 1.29 is 0 Å². The van der Waals surface area contributed by atoms with Crippen LogP contribution in [-0.2, 0) is 12.8 Å². The topological polar surface area (TPSA) is 17.0 Å². The molecule has 11 heavy (non-hydrogen) atoms. The van der Waals surface area contributed by atoms with Crippen LogP contribution in [0.2, 0.25) is 0 Å². The molecule has 0 saturated carbocycles. The van der Waals surface area contributed by atoms with E-state index in [-0.39, 0.29) is 0 Å². The van der Waals surface area contributed by atoms with Gasteiger partial charge in [0, 0.05) is 18.9 Å². The number of hydrogen-bond acceptors (Lipinski definition) is 1. The fourth-order valence-corrected chi connectivity index (χ4v) is 1.83. The van der Waals surface area contributed by atoms with Gasteiger partial charge >= 0.3 is 0 Å². The number of hydrogen-bond donors (Lipinski definition) is 1. The van der Waals surface area contributed by atoms with Gasteiger partial charge in [0.05, 0.1) is 0 Å². The lowest BCUT2D eigenvalue weighted by molar-refractivity contribution is 0.651. The molecule has 2 heteroatoms. The van der Waals surface area contributed by atoms with E-state index in [0.717, 1.165) is 0 Å². The van der Waals surface area contributed by atoms with Gasteiger partial charge in [-0.25, -0.2) is 0 Å². The number of aromatic nitrogens is 1. The fourth-order valence-electron chi connectivity index (χ4n) is 1.83. The molecule has 1 aliphatic carbocycles. The predicted molar refractivity (Wildman–Crippen MR) is 46.4 cm³/mol. The highest BCUT2D eigenvalue weighted by Gasteiger charge is 2.12. The number of fused-ring (bicyclic) bond motifs is 1. The number of nitrogens with zero attached hydrogens (tertiary/aromatic N) is 1. The molecule has 0 fully saturated rings. The van der Waals surface area contributed by atoms with Crippen LogP contribution in [0.25, 0.3) is 0 Å².